The molecule has 0 aromatic heterocycles. The molecule has 3 rings (SSSR count). The molecule has 0 saturated heterocycles. The second-order valence-electron chi connectivity index (χ2n) is 5.23. The standard InChI is InChI=1S/C17H14F2N4OS/c1-10(24)20-13-6-7-14(15(19)8-13)16-9-25-17(23-22-16)21-12-4-2-11(18)3-5-12/h2-8H,9H2,1H3,(H,20,24)(H,21,23). The van der Waals surface area contributed by atoms with Gasteiger partial charge in [0.2, 0.25) is 5.91 Å². The van der Waals surface area contributed by atoms with Crippen LogP contribution in [0.5, 0.6) is 0 Å². The minimum Gasteiger partial charge on any atom is -0.326 e. The number of amidine groups is 1. The minimum atomic E-state index is -0.466. The predicted octanol–water partition coefficient (Wildman–Crippen LogP) is 3.65. The first-order valence-electron chi connectivity index (χ1n) is 7.38. The third kappa shape index (κ3) is 4.42. The lowest BCUT2D eigenvalue weighted by atomic mass is 10.1. The van der Waals surface area contributed by atoms with E-state index in [0.717, 1.165) is 0 Å². The maximum atomic E-state index is 14.2. The van der Waals surface area contributed by atoms with Crippen LogP contribution in [0.4, 0.5) is 20.2 Å². The zero-order valence-corrected chi connectivity index (χ0v) is 14.0. The number of halogens is 2. The quantitative estimate of drug-likeness (QED) is 0.878. The van der Waals surface area contributed by atoms with Crippen LogP contribution >= 0.6 is 11.8 Å². The summed E-state index contributed by atoms with van der Waals surface area (Å²) in [5.74, 6) is -0.622. The normalized spacial score (nSPS) is 15.5. The largest absolute Gasteiger partial charge is 0.326 e. The van der Waals surface area contributed by atoms with Gasteiger partial charge >= 0.3 is 0 Å². The van der Waals surface area contributed by atoms with Gasteiger partial charge < -0.3 is 5.32 Å². The Balaban J connectivity index is 1.74. The Morgan fingerprint density at radius 3 is 2.60 bits per heavy atom. The molecular formula is C17H14F2N4OS. The van der Waals surface area contributed by atoms with Gasteiger partial charge in [-0.3, -0.25) is 10.2 Å². The predicted molar refractivity (Wildman–Crippen MR) is 96.3 cm³/mol. The van der Waals surface area contributed by atoms with Crippen molar-refractivity contribution in [1.29, 1.82) is 0 Å². The molecule has 2 N–H and O–H groups in total. The molecule has 1 heterocycles. The van der Waals surface area contributed by atoms with Crippen LogP contribution in [0.1, 0.15) is 12.5 Å². The van der Waals surface area contributed by atoms with Crippen LogP contribution in [-0.4, -0.2) is 22.5 Å². The molecule has 0 aliphatic carbocycles. The highest BCUT2D eigenvalue weighted by atomic mass is 32.2. The van der Waals surface area contributed by atoms with Crippen molar-refractivity contribution in [1.82, 2.24) is 5.43 Å². The third-order valence-electron chi connectivity index (χ3n) is 3.29. The lowest BCUT2D eigenvalue weighted by molar-refractivity contribution is -0.114. The number of aliphatic imine (C=N–C) groups is 1. The fourth-order valence-corrected chi connectivity index (χ4v) is 2.95. The lowest BCUT2D eigenvalue weighted by Gasteiger charge is -2.15. The number of hydrogen-bond acceptors (Lipinski definition) is 4. The highest BCUT2D eigenvalue weighted by Gasteiger charge is 2.17. The summed E-state index contributed by atoms with van der Waals surface area (Å²) in [5.41, 5.74) is 4.66. The Morgan fingerprint density at radius 1 is 1.24 bits per heavy atom. The summed E-state index contributed by atoms with van der Waals surface area (Å²) in [5, 5.41) is 7.24. The van der Waals surface area contributed by atoms with Crippen molar-refractivity contribution in [2.45, 2.75) is 6.92 Å². The number of amides is 1. The van der Waals surface area contributed by atoms with Gasteiger partial charge in [0.15, 0.2) is 5.17 Å². The number of anilines is 1. The molecule has 1 amide bonds. The number of carbonyl (C=O) groups is 1. The van der Waals surface area contributed by atoms with Crippen molar-refractivity contribution in [2.24, 2.45) is 10.1 Å². The van der Waals surface area contributed by atoms with Crippen molar-refractivity contribution in [3.8, 4) is 0 Å². The number of hydrogen-bond donors (Lipinski definition) is 2. The highest BCUT2D eigenvalue weighted by molar-refractivity contribution is 8.14. The summed E-state index contributed by atoms with van der Waals surface area (Å²) in [4.78, 5) is 15.3. The molecule has 0 bridgehead atoms. The average Bonchev–Trinajstić information content (AvgIpc) is 2.57. The van der Waals surface area contributed by atoms with Crippen molar-refractivity contribution in [3.05, 3.63) is 59.7 Å². The van der Waals surface area contributed by atoms with Crippen LogP contribution in [0, 0.1) is 11.6 Å². The molecule has 0 spiro atoms. The maximum Gasteiger partial charge on any atom is 0.221 e. The molecule has 128 valence electrons. The molecule has 8 heteroatoms. The van der Waals surface area contributed by atoms with Crippen LogP contribution < -0.4 is 10.7 Å². The van der Waals surface area contributed by atoms with E-state index in [4.69, 9.17) is 0 Å². The molecule has 2 aromatic rings. The fourth-order valence-electron chi connectivity index (χ4n) is 2.17. The highest BCUT2D eigenvalue weighted by Crippen LogP contribution is 2.21. The Bertz CT molecular complexity index is 865. The number of carbonyl (C=O) groups excluding carboxylic acids is 1. The van der Waals surface area contributed by atoms with Gasteiger partial charge in [-0.25, -0.2) is 13.8 Å². The second kappa shape index (κ2) is 7.43. The van der Waals surface area contributed by atoms with E-state index in [2.05, 4.69) is 20.8 Å². The SMILES string of the molecule is CC(=O)Nc1ccc(C2=NNC(=Nc3ccc(F)cc3)SC2)c(F)c1. The van der Waals surface area contributed by atoms with Crippen LogP contribution in [-0.2, 0) is 4.79 Å². The molecule has 2 aromatic carbocycles. The van der Waals surface area contributed by atoms with E-state index in [1.54, 1.807) is 24.3 Å². The molecule has 0 saturated carbocycles. The summed E-state index contributed by atoms with van der Waals surface area (Å²) in [6.07, 6.45) is 0. The number of thioether (sulfide) groups is 1. The molecule has 1 aliphatic heterocycles. The van der Waals surface area contributed by atoms with E-state index in [9.17, 15) is 13.6 Å². The van der Waals surface area contributed by atoms with E-state index in [1.807, 2.05) is 0 Å². The van der Waals surface area contributed by atoms with Gasteiger partial charge in [0.1, 0.15) is 11.6 Å². The zero-order valence-electron chi connectivity index (χ0n) is 13.2. The Morgan fingerprint density at radius 2 is 2.00 bits per heavy atom. The van der Waals surface area contributed by atoms with Crippen LogP contribution in [0.25, 0.3) is 0 Å². The van der Waals surface area contributed by atoms with Gasteiger partial charge in [-0.2, -0.15) is 5.10 Å². The van der Waals surface area contributed by atoms with Gasteiger partial charge in [-0.05, 0) is 42.5 Å². The van der Waals surface area contributed by atoms with Crippen LogP contribution in [0.3, 0.4) is 0 Å². The molecule has 0 atom stereocenters. The topological polar surface area (TPSA) is 65.8 Å². The number of hydrazone groups is 1. The molecule has 0 fully saturated rings. The molecule has 0 unspecified atom stereocenters. The maximum absolute atomic E-state index is 14.2. The lowest BCUT2D eigenvalue weighted by Crippen LogP contribution is -2.25. The molecule has 1 aliphatic rings. The molecule has 25 heavy (non-hydrogen) atoms. The van der Waals surface area contributed by atoms with Gasteiger partial charge in [0.05, 0.1) is 11.4 Å². The summed E-state index contributed by atoms with van der Waals surface area (Å²) in [6.45, 7) is 1.36. The number of nitrogens with one attached hydrogen (secondary N) is 2. The summed E-state index contributed by atoms with van der Waals surface area (Å²) in [6, 6.07) is 10.2. The van der Waals surface area contributed by atoms with Gasteiger partial charge in [-0.1, -0.05) is 11.8 Å². The minimum absolute atomic E-state index is 0.263. The fraction of sp³-hybridized carbons (Fsp3) is 0.118. The van der Waals surface area contributed by atoms with Crippen LogP contribution in [0.15, 0.2) is 52.6 Å². The summed E-state index contributed by atoms with van der Waals surface area (Å²) >= 11 is 1.37. The first-order valence-corrected chi connectivity index (χ1v) is 8.37. The summed E-state index contributed by atoms with van der Waals surface area (Å²) in [7, 11) is 0. The Kier molecular flexibility index (Phi) is 5.08. The molecule has 5 nitrogen and oxygen atoms in total. The van der Waals surface area contributed by atoms with Gasteiger partial charge in [0, 0.05) is 23.9 Å². The van der Waals surface area contributed by atoms with Gasteiger partial charge in [-0.15, -0.1) is 0 Å². The smallest absolute Gasteiger partial charge is 0.221 e. The van der Waals surface area contributed by atoms with E-state index in [0.29, 0.717) is 33.6 Å². The van der Waals surface area contributed by atoms with Crippen molar-refractivity contribution in [3.63, 3.8) is 0 Å². The van der Waals surface area contributed by atoms with E-state index in [1.165, 1.54) is 36.9 Å². The first kappa shape index (κ1) is 17.1. The van der Waals surface area contributed by atoms with Crippen molar-refractivity contribution in [2.75, 3.05) is 11.1 Å². The molecular weight excluding hydrogens is 346 g/mol. The average molecular weight is 360 g/mol. The number of benzene rings is 2. The summed E-state index contributed by atoms with van der Waals surface area (Å²) < 4.78 is 27.1. The van der Waals surface area contributed by atoms with Crippen LogP contribution in [0.2, 0.25) is 0 Å². The first-order chi connectivity index (χ1) is 12.0. The second-order valence-corrected chi connectivity index (χ2v) is 6.19. The van der Waals surface area contributed by atoms with Crippen molar-refractivity contribution >= 4 is 39.9 Å². The van der Waals surface area contributed by atoms with Crippen molar-refractivity contribution < 1.29 is 13.6 Å². The Hall–Kier alpha value is -2.74. The third-order valence-corrected chi connectivity index (χ3v) is 4.16. The van der Waals surface area contributed by atoms with E-state index < -0.39 is 5.82 Å². The number of rotatable bonds is 3. The van der Waals surface area contributed by atoms with Gasteiger partial charge in [0.25, 0.3) is 0 Å². The number of nitrogens with zero attached hydrogens (tertiary/aromatic N) is 2. The monoisotopic (exact) mass is 360 g/mol. The Labute approximate surface area is 147 Å². The molecule has 0 radical (unpaired) electrons. The van der Waals surface area contributed by atoms with E-state index in [-0.39, 0.29) is 11.7 Å². The van der Waals surface area contributed by atoms with E-state index >= 15 is 0 Å². The zero-order chi connectivity index (χ0) is 17.8.